The SMILES string of the molecule is CCCOc1c(Br)cc(C(=O)N(C)C(C)C)cc1OC. The van der Waals surface area contributed by atoms with Gasteiger partial charge in [-0.1, -0.05) is 6.92 Å². The molecule has 20 heavy (non-hydrogen) atoms. The van der Waals surface area contributed by atoms with Gasteiger partial charge in [0, 0.05) is 18.7 Å². The summed E-state index contributed by atoms with van der Waals surface area (Å²) in [4.78, 5) is 14.0. The number of halogens is 1. The average molecular weight is 344 g/mol. The lowest BCUT2D eigenvalue weighted by Gasteiger charge is -2.22. The monoisotopic (exact) mass is 343 g/mol. The van der Waals surface area contributed by atoms with Gasteiger partial charge in [-0.05, 0) is 48.3 Å². The molecule has 0 atom stereocenters. The first-order valence-corrected chi connectivity index (χ1v) is 7.49. The summed E-state index contributed by atoms with van der Waals surface area (Å²) in [6.45, 7) is 6.59. The normalized spacial score (nSPS) is 10.6. The molecule has 0 saturated heterocycles. The van der Waals surface area contributed by atoms with E-state index in [0.717, 1.165) is 10.9 Å². The number of carbonyl (C=O) groups is 1. The Hall–Kier alpha value is -1.23. The van der Waals surface area contributed by atoms with Gasteiger partial charge in [-0.3, -0.25) is 4.79 Å². The Morgan fingerprint density at radius 3 is 2.55 bits per heavy atom. The van der Waals surface area contributed by atoms with Crippen LogP contribution in [0.4, 0.5) is 0 Å². The highest BCUT2D eigenvalue weighted by Gasteiger charge is 2.19. The molecule has 1 rings (SSSR count). The van der Waals surface area contributed by atoms with Gasteiger partial charge in [0.25, 0.3) is 5.91 Å². The van der Waals surface area contributed by atoms with Crippen LogP contribution in [0.15, 0.2) is 16.6 Å². The first kappa shape index (κ1) is 16.8. The van der Waals surface area contributed by atoms with Gasteiger partial charge in [0.2, 0.25) is 0 Å². The summed E-state index contributed by atoms with van der Waals surface area (Å²) in [7, 11) is 3.36. The predicted octanol–water partition coefficient (Wildman–Crippen LogP) is 3.73. The Bertz CT molecular complexity index is 474. The Balaban J connectivity index is 3.13. The maximum Gasteiger partial charge on any atom is 0.254 e. The van der Waals surface area contributed by atoms with Gasteiger partial charge >= 0.3 is 0 Å². The van der Waals surface area contributed by atoms with Crippen LogP contribution in [0.2, 0.25) is 0 Å². The van der Waals surface area contributed by atoms with E-state index in [1.807, 2.05) is 20.8 Å². The summed E-state index contributed by atoms with van der Waals surface area (Å²) in [5, 5.41) is 0. The minimum absolute atomic E-state index is 0.0407. The van der Waals surface area contributed by atoms with E-state index >= 15 is 0 Å². The van der Waals surface area contributed by atoms with Gasteiger partial charge in [0.15, 0.2) is 11.5 Å². The van der Waals surface area contributed by atoms with Crippen LogP contribution >= 0.6 is 15.9 Å². The quantitative estimate of drug-likeness (QED) is 0.789. The second-order valence-electron chi connectivity index (χ2n) is 4.85. The van der Waals surface area contributed by atoms with Crippen LogP contribution in [-0.4, -0.2) is 37.6 Å². The van der Waals surface area contributed by atoms with Crippen molar-refractivity contribution < 1.29 is 14.3 Å². The Morgan fingerprint density at radius 1 is 1.40 bits per heavy atom. The van der Waals surface area contributed by atoms with Gasteiger partial charge in [-0.25, -0.2) is 0 Å². The second-order valence-corrected chi connectivity index (χ2v) is 5.70. The molecule has 0 aromatic heterocycles. The first-order chi connectivity index (χ1) is 9.42. The van der Waals surface area contributed by atoms with Crippen molar-refractivity contribution in [2.24, 2.45) is 0 Å². The van der Waals surface area contributed by atoms with Crippen LogP contribution in [-0.2, 0) is 0 Å². The fraction of sp³-hybridized carbons (Fsp3) is 0.533. The van der Waals surface area contributed by atoms with Crippen molar-refractivity contribution in [1.29, 1.82) is 0 Å². The van der Waals surface area contributed by atoms with Crippen LogP contribution < -0.4 is 9.47 Å². The zero-order chi connectivity index (χ0) is 15.3. The van der Waals surface area contributed by atoms with Crippen molar-refractivity contribution in [3.8, 4) is 11.5 Å². The van der Waals surface area contributed by atoms with E-state index in [4.69, 9.17) is 9.47 Å². The van der Waals surface area contributed by atoms with Crippen molar-refractivity contribution in [3.63, 3.8) is 0 Å². The molecular weight excluding hydrogens is 322 g/mol. The molecule has 0 N–H and O–H groups in total. The molecule has 0 fully saturated rings. The molecule has 0 saturated carbocycles. The topological polar surface area (TPSA) is 38.8 Å². The molecule has 0 spiro atoms. The summed E-state index contributed by atoms with van der Waals surface area (Å²) < 4.78 is 11.7. The molecule has 0 heterocycles. The standard InChI is InChI=1S/C15H22BrNO3/c1-6-7-20-14-12(16)8-11(9-13(14)19-5)15(18)17(4)10(2)3/h8-10H,6-7H2,1-5H3. The summed E-state index contributed by atoms with van der Waals surface area (Å²) in [6.07, 6.45) is 0.909. The van der Waals surface area contributed by atoms with Crippen molar-refractivity contribution in [3.05, 3.63) is 22.2 Å². The smallest absolute Gasteiger partial charge is 0.254 e. The first-order valence-electron chi connectivity index (χ1n) is 6.69. The van der Waals surface area contributed by atoms with E-state index in [9.17, 15) is 4.79 Å². The molecule has 0 unspecified atom stereocenters. The number of amides is 1. The Kier molecular flexibility index (Phi) is 6.33. The highest BCUT2D eigenvalue weighted by molar-refractivity contribution is 9.10. The minimum Gasteiger partial charge on any atom is -0.493 e. The molecule has 1 aromatic rings. The number of hydrogen-bond donors (Lipinski definition) is 0. The van der Waals surface area contributed by atoms with Gasteiger partial charge in [0.1, 0.15) is 0 Å². The lowest BCUT2D eigenvalue weighted by molar-refractivity contribution is 0.0754. The fourth-order valence-electron chi connectivity index (χ4n) is 1.63. The van der Waals surface area contributed by atoms with Gasteiger partial charge in [-0.2, -0.15) is 0 Å². The molecule has 0 aliphatic heterocycles. The number of nitrogens with zero attached hydrogens (tertiary/aromatic N) is 1. The molecule has 1 aromatic carbocycles. The molecule has 0 aliphatic rings. The van der Waals surface area contributed by atoms with Crippen molar-refractivity contribution in [2.45, 2.75) is 33.2 Å². The van der Waals surface area contributed by atoms with E-state index in [2.05, 4.69) is 15.9 Å². The maximum atomic E-state index is 12.3. The summed E-state index contributed by atoms with van der Waals surface area (Å²) >= 11 is 3.45. The molecular formula is C15H22BrNO3. The maximum absolute atomic E-state index is 12.3. The third-order valence-corrected chi connectivity index (χ3v) is 3.61. The highest BCUT2D eigenvalue weighted by Crippen LogP contribution is 2.37. The largest absolute Gasteiger partial charge is 0.493 e. The number of carbonyl (C=O) groups excluding carboxylic acids is 1. The van der Waals surface area contributed by atoms with E-state index in [1.54, 1.807) is 31.2 Å². The molecule has 5 heteroatoms. The molecule has 112 valence electrons. The van der Waals surface area contributed by atoms with E-state index < -0.39 is 0 Å². The lowest BCUT2D eigenvalue weighted by Crippen LogP contribution is -2.33. The van der Waals surface area contributed by atoms with Gasteiger partial charge in [-0.15, -0.1) is 0 Å². The lowest BCUT2D eigenvalue weighted by atomic mass is 10.1. The summed E-state index contributed by atoms with van der Waals surface area (Å²) in [5.74, 6) is 1.16. The van der Waals surface area contributed by atoms with Crippen LogP contribution in [0.1, 0.15) is 37.6 Å². The number of methoxy groups -OCH3 is 1. The van der Waals surface area contributed by atoms with Crippen LogP contribution in [0, 0.1) is 0 Å². The molecule has 1 amide bonds. The summed E-state index contributed by atoms with van der Waals surface area (Å²) in [5.41, 5.74) is 0.578. The van der Waals surface area contributed by atoms with Gasteiger partial charge in [0.05, 0.1) is 18.2 Å². The average Bonchev–Trinajstić information content (AvgIpc) is 2.43. The predicted molar refractivity (Wildman–Crippen MR) is 83.7 cm³/mol. The summed E-state index contributed by atoms with van der Waals surface area (Å²) in [6, 6.07) is 3.63. The minimum atomic E-state index is -0.0407. The van der Waals surface area contributed by atoms with Crippen molar-refractivity contribution >= 4 is 21.8 Å². The Labute approximate surface area is 129 Å². The van der Waals surface area contributed by atoms with Crippen LogP contribution in [0.25, 0.3) is 0 Å². The molecule has 0 bridgehead atoms. The third-order valence-electron chi connectivity index (χ3n) is 3.02. The zero-order valence-electron chi connectivity index (χ0n) is 12.7. The van der Waals surface area contributed by atoms with Crippen molar-refractivity contribution in [1.82, 2.24) is 4.90 Å². The molecule has 0 radical (unpaired) electrons. The van der Waals surface area contributed by atoms with E-state index in [1.165, 1.54) is 0 Å². The zero-order valence-corrected chi connectivity index (χ0v) is 14.3. The number of rotatable bonds is 6. The molecule has 4 nitrogen and oxygen atoms in total. The second kappa shape index (κ2) is 7.53. The number of benzene rings is 1. The van der Waals surface area contributed by atoms with E-state index in [0.29, 0.717) is 23.7 Å². The van der Waals surface area contributed by atoms with Crippen LogP contribution in [0.5, 0.6) is 11.5 Å². The number of ether oxygens (including phenoxy) is 2. The number of hydrogen-bond acceptors (Lipinski definition) is 3. The van der Waals surface area contributed by atoms with Crippen LogP contribution in [0.3, 0.4) is 0 Å². The Morgan fingerprint density at radius 2 is 2.05 bits per heavy atom. The fourth-order valence-corrected chi connectivity index (χ4v) is 2.18. The van der Waals surface area contributed by atoms with E-state index in [-0.39, 0.29) is 11.9 Å². The third kappa shape index (κ3) is 3.88. The highest BCUT2D eigenvalue weighted by atomic mass is 79.9. The van der Waals surface area contributed by atoms with Gasteiger partial charge < -0.3 is 14.4 Å². The molecule has 0 aliphatic carbocycles. The van der Waals surface area contributed by atoms with Crippen molar-refractivity contribution in [2.75, 3.05) is 20.8 Å².